The summed E-state index contributed by atoms with van der Waals surface area (Å²) in [5, 5.41) is 13.2. The molecule has 3 saturated carbocycles. The molecule has 0 amide bonds. The zero-order chi connectivity index (χ0) is 21.8. The number of aliphatic hydroxyl groups excluding tert-OH is 1. The van der Waals surface area contributed by atoms with Crippen LogP contribution in [-0.2, 0) is 0 Å². The van der Waals surface area contributed by atoms with Crippen LogP contribution in [-0.4, -0.2) is 16.2 Å². The van der Waals surface area contributed by atoms with Gasteiger partial charge in [0.15, 0.2) is 0 Å². The van der Waals surface area contributed by atoms with Gasteiger partial charge >= 0.3 is 0 Å². The van der Waals surface area contributed by atoms with E-state index >= 15 is 0 Å². The Hall–Kier alpha value is -1.93. The molecular weight excluding hydrogens is 390 g/mol. The number of hydrogen-bond donors (Lipinski definition) is 1. The number of benzene rings is 1. The van der Waals surface area contributed by atoms with Gasteiger partial charge in [-0.1, -0.05) is 43.7 Å². The van der Waals surface area contributed by atoms with E-state index in [9.17, 15) is 5.11 Å². The molecule has 0 aliphatic heterocycles. The van der Waals surface area contributed by atoms with Gasteiger partial charge in [-0.25, -0.2) is 0 Å². The van der Waals surface area contributed by atoms with E-state index in [0.717, 1.165) is 19.3 Å². The van der Waals surface area contributed by atoms with Crippen molar-refractivity contribution in [3.05, 3.63) is 65.5 Å². The summed E-state index contributed by atoms with van der Waals surface area (Å²) in [6.45, 7) is 5.26. The van der Waals surface area contributed by atoms with Crippen molar-refractivity contribution in [2.75, 3.05) is 0 Å². The molecule has 1 aromatic heterocycles. The molecule has 7 rings (SSSR count). The maximum atomic E-state index is 10.6. The summed E-state index contributed by atoms with van der Waals surface area (Å²) in [4.78, 5) is 4.38. The Labute approximate surface area is 191 Å². The Bertz CT molecular complexity index is 1190. The van der Waals surface area contributed by atoms with Crippen molar-refractivity contribution in [2.24, 2.45) is 21.7 Å². The SMILES string of the molecule is C[C@@]12CC[C@H](c3ccc4ccncc4c3)[C@@]1(C)CC=C1C=C3CC[C@H](O)C[C@]34CC[C@@]12C4. The van der Waals surface area contributed by atoms with Crippen LogP contribution in [0.15, 0.2) is 60.0 Å². The van der Waals surface area contributed by atoms with Crippen LogP contribution in [0.25, 0.3) is 10.8 Å². The van der Waals surface area contributed by atoms with Crippen LogP contribution in [0.4, 0.5) is 0 Å². The molecule has 1 N–H and O–H groups in total. The zero-order valence-corrected chi connectivity index (χ0v) is 19.5. The highest BCUT2D eigenvalue weighted by atomic mass is 16.3. The number of fused-ring (bicyclic) bond motifs is 2. The molecule has 2 heteroatoms. The third-order valence-corrected chi connectivity index (χ3v) is 11.4. The molecule has 5 aliphatic rings. The molecule has 5 aliphatic carbocycles. The minimum atomic E-state index is -0.0989. The number of aromatic nitrogens is 1. The first-order valence-electron chi connectivity index (χ1n) is 12.8. The van der Waals surface area contributed by atoms with Gasteiger partial charge in [0.05, 0.1) is 6.10 Å². The lowest BCUT2D eigenvalue weighted by molar-refractivity contribution is -0.0438. The van der Waals surface area contributed by atoms with Gasteiger partial charge in [-0.05, 0) is 109 Å². The molecule has 2 aromatic rings. The van der Waals surface area contributed by atoms with E-state index in [1.807, 2.05) is 12.4 Å². The lowest BCUT2D eigenvalue weighted by Gasteiger charge is -2.61. The number of rotatable bonds is 1. The van der Waals surface area contributed by atoms with Crippen molar-refractivity contribution in [1.29, 1.82) is 0 Å². The van der Waals surface area contributed by atoms with Gasteiger partial charge in [0, 0.05) is 23.2 Å². The third-order valence-electron chi connectivity index (χ3n) is 11.4. The second kappa shape index (κ2) is 6.14. The first-order chi connectivity index (χ1) is 15.4. The summed E-state index contributed by atoms with van der Waals surface area (Å²) in [5.41, 5.74) is 6.02. The van der Waals surface area contributed by atoms with Gasteiger partial charge in [-0.2, -0.15) is 0 Å². The fourth-order valence-electron chi connectivity index (χ4n) is 9.52. The monoisotopic (exact) mass is 425 g/mol. The summed E-state index contributed by atoms with van der Waals surface area (Å²) in [5.74, 6) is 0.600. The molecule has 0 radical (unpaired) electrons. The van der Waals surface area contributed by atoms with Crippen molar-refractivity contribution >= 4 is 10.8 Å². The van der Waals surface area contributed by atoms with Crippen molar-refractivity contribution in [1.82, 2.24) is 4.98 Å². The predicted molar refractivity (Wildman–Crippen MR) is 129 cm³/mol. The fourth-order valence-corrected chi connectivity index (χ4v) is 9.52. The first kappa shape index (κ1) is 19.5. The van der Waals surface area contributed by atoms with Crippen LogP contribution >= 0.6 is 0 Å². The van der Waals surface area contributed by atoms with E-state index in [1.165, 1.54) is 54.9 Å². The van der Waals surface area contributed by atoms with Gasteiger partial charge in [-0.15, -0.1) is 0 Å². The van der Waals surface area contributed by atoms with Gasteiger partial charge in [0.25, 0.3) is 0 Å². The molecule has 0 unspecified atom stereocenters. The van der Waals surface area contributed by atoms with Crippen LogP contribution in [0, 0.1) is 21.7 Å². The standard InChI is InChI=1S/C30H35NO/c1-27-10-7-24-16-23-5-6-25(32)17-29(23)12-13-30(24,19-29)28(27,2)11-8-26(27)21-4-3-20-9-14-31-18-22(20)15-21/h3-4,7,9,14-16,18,25-26,32H,5-6,8,10-13,17,19H2,1-2H3/t25-,26+,27+,28+,29-,30+/m0/s1. The van der Waals surface area contributed by atoms with Crippen LogP contribution in [0.1, 0.15) is 83.1 Å². The summed E-state index contributed by atoms with van der Waals surface area (Å²) >= 11 is 0. The molecule has 1 heterocycles. The quantitative estimate of drug-likeness (QED) is 0.529. The smallest absolute Gasteiger partial charge is 0.0551 e. The summed E-state index contributed by atoms with van der Waals surface area (Å²) < 4.78 is 0. The second-order valence-corrected chi connectivity index (χ2v) is 12.3. The topological polar surface area (TPSA) is 33.1 Å². The van der Waals surface area contributed by atoms with Gasteiger partial charge < -0.3 is 5.11 Å². The van der Waals surface area contributed by atoms with Crippen LogP contribution in [0.5, 0.6) is 0 Å². The normalized spacial score (nSPS) is 44.5. The van der Waals surface area contributed by atoms with Crippen molar-refractivity contribution in [2.45, 2.75) is 83.7 Å². The van der Waals surface area contributed by atoms with Gasteiger partial charge in [-0.3, -0.25) is 4.98 Å². The minimum absolute atomic E-state index is 0.0989. The van der Waals surface area contributed by atoms with E-state index in [0.29, 0.717) is 16.7 Å². The van der Waals surface area contributed by atoms with E-state index < -0.39 is 0 Å². The van der Waals surface area contributed by atoms with E-state index in [4.69, 9.17) is 0 Å². The summed E-state index contributed by atoms with van der Waals surface area (Å²) in [6, 6.07) is 9.24. The van der Waals surface area contributed by atoms with Crippen molar-refractivity contribution in [3.8, 4) is 0 Å². The number of allylic oxidation sites excluding steroid dienone is 4. The number of aliphatic hydroxyl groups is 1. The third kappa shape index (κ3) is 2.18. The first-order valence-corrected chi connectivity index (χ1v) is 12.8. The molecular formula is C30H35NO. The molecule has 166 valence electrons. The van der Waals surface area contributed by atoms with E-state index in [-0.39, 0.29) is 16.9 Å². The fraction of sp³-hybridized carbons (Fsp3) is 0.567. The van der Waals surface area contributed by atoms with Crippen LogP contribution in [0.3, 0.4) is 0 Å². The zero-order valence-electron chi connectivity index (χ0n) is 19.5. The highest BCUT2D eigenvalue weighted by molar-refractivity contribution is 5.82. The highest BCUT2D eigenvalue weighted by Crippen LogP contribution is 2.80. The highest BCUT2D eigenvalue weighted by Gasteiger charge is 2.70. The number of pyridine rings is 1. The average Bonchev–Trinajstić information content (AvgIpc) is 3.26. The lowest BCUT2D eigenvalue weighted by Crippen LogP contribution is -2.53. The Morgan fingerprint density at radius 2 is 1.94 bits per heavy atom. The number of hydrogen-bond acceptors (Lipinski definition) is 2. The maximum absolute atomic E-state index is 10.6. The van der Waals surface area contributed by atoms with E-state index in [2.05, 4.69) is 55.2 Å². The molecule has 3 fully saturated rings. The molecule has 1 aromatic carbocycles. The Morgan fingerprint density at radius 1 is 1.03 bits per heavy atom. The van der Waals surface area contributed by atoms with Crippen molar-refractivity contribution < 1.29 is 5.11 Å². The van der Waals surface area contributed by atoms with E-state index in [1.54, 1.807) is 11.1 Å². The number of nitrogens with zero attached hydrogens (tertiary/aromatic N) is 1. The maximum Gasteiger partial charge on any atom is 0.0551 e. The minimum Gasteiger partial charge on any atom is -0.393 e. The van der Waals surface area contributed by atoms with Crippen LogP contribution < -0.4 is 0 Å². The second-order valence-electron chi connectivity index (χ2n) is 12.3. The van der Waals surface area contributed by atoms with Crippen molar-refractivity contribution in [3.63, 3.8) is 0 Å². The Morgan fingerprint density at radius 3 is 2.84 bits per heavy atom. The Balaban J connectivity index is 1.34. The van der Waals surface area contributed by atoms with Crippen LogP contribution in [0.2, 0.25) is 0 Å². The average molecular weight is 426 g/mol. The molecule has 0 saturated heterocycles. The molecule has 2 nitrogen and oxygen atoms in total. The molecule has 2 bridgehead atoms. The van der Waals surface area contributed by atoms with Gasteiger partial charge in [0.1, 0.15) is 0 Å². The Kier molecular flexibility index (Phi) is 3.75. The predicted octanol–water partition coefficient (Wildman–Crippen LogP) is 7.10. The summed E-state index contributed by atoms with van der Waals surface area (Å²) in [6.07, 6.45) is 19.8. The largest absolute Gasteiger partial charge is 0.393 e. The molecule has 32 heavy (non-hydrogen) atoms. The molecule has 6 atom stereocenters. The molecule has 2 spiro atoms. The summed E-state index contributed by atoms with van der Waals surface area (Å²) in [7, 11) is 0. The van der Waals surface area contributed by atoms with Gasteiger partial charge in [0.2, 0.25) is 0 Å². The lowest BCUT2D eigenvalue weighted by atomic mass is 9.43.